The molecule has 0 N–H and O–H groups in total. The number of pyridine rings is 1. The number of nitrogens with zero attached hydrogens (tertiary/aromatic N) is 1. The van der Waals surface area contributed by atoms with Gasteiger partial charge in [-0.2, -0.15) is 0 Å². The molecule has 0 radical (unpaired) electrons. The molecule has 0 aliphatic heterocycles. The third-order valence-electron chi connectivity index (χ3n) is 2.51. The molecule has 3 nitrogen and oxygen atoms in total. The summed E-state index contributed by atoms with van der Waals surface area (Å²) in [5.41, 5.74) is 0.798. The average Bonchev–Trinajstić information content (AvgIpc) is 2.33. The molecule has 2 rings (SSSR count). The lowest BCUT2D eigenvalue weighted by Crippen LogP contribution is -3.00. The van der Waals surface area contributed by atoms with Gasteiger partial charge in [0.15, 0.2) is 22.2 Å². The van der Waals surface area contributed by atoms with Gasteiger partial charge in [-0.15, -0.1) is 0 Å². The highest BCUT2D eigenvalue weighted by Crippen LogP contribution is 2.14. The zero-order valence-electron chi connectivity index (χ0n) is 9.95. The van der Waals surface area contributed by atoms with Crippen molar-refractivity contribution in [2.75, 3.05) is 0 Å². The third kappa shape index (κ3) is 3.78. The molecule has 0 saturated carbocycles. The van der Waals surface area contributed by atoms with Crippen molar-refractivity contribution in [1.29, 1.82) is 0 Å². The van der Waals surface area contributed by atoms with Gasteiger partial charge in [0.25, 0.3) is 0 Å². The number of halogens is 1. The Morgan fingerprint density at radius 3 is 2.11 bits per heavy atom. The van der Waals surface area contributed by atoms with Gasteiger partial charge in [0.2, 0.25) is 0 Å². The summed E-state index contributed by atoms with van der Waals surface area (Å²) in [6.45, 7) is 0. The van der Waals surface area contributed by atoms with Crippen molar-refractivity contribution in [2.45, 2.75) is 10.6 Å². The van der Waals surface area contributed by atoms with Gasteiger partial charge in [-0.05, 0) is 17.7 Å². The highest BCUT2D eigenvalue weighted by Gasteiger charge is 2.15. The lowest BCUT2D eigenvalue weighted by atomic mass is 10.3. The van der Waals surface area contributed by atoms with Crippen LogP contribution in [0.25, 0.3) is 0 Å². The summed E-state index contributed by atoms with van der Waals surface area (Å²) in [5, 5.41) is 0. The maximum Gasteiger partial charge on any atom is 0.182 e. The maximum absolute atomic E-state index is 12.1. The molecule has 96 valence electrons. The Bertz CT molecular complexity index is 595. The highest BCUT2D eigenvalue weighted by molar-refractivity contribution is 7.90. The molecule has 0 aliphatic rings. The second-order valence-electron chi connectivity index (χ2n) is 3.94. The Labute approximate surface area is 124 Å². The summed E-state index contributed by atoms with van der Waals surface area (Å²) in [5.74, 6) is 0.0395. The predicted octanol–water partition coefficient (Wildman–Crippen LogP) is -1.51. The number of rotatable bonds is 3. The SMILES string of the molecule is C[n+]1ccc(CS(=O)(=O)c2ccccc2)cc1.[I-]. The molecule has 0 aliphatic carbocycles. The van der Waals surface area contributed by atoms with E-state index in [9.17, 15) is 8.42 Å². The van der Waals surface area contributed by atoms with Gasteiger partial charge in [-0.25, -0.2) is 13.0 Å². The van der Waals surface area contributed by atoms with Gasteiger partial charge in [0, 0.05) is 12.1 Å². The standard InChI is InChI=1S/C13H14NO2S.HI/c1-14-9-7-12(8-10-14)11-17(15,16)13-5-3-2-4-6-13;/h2-10H,11H2,1H3;1H/q+1;/p-1. The Morgan fingerprint density at radius 1 is 1.00 bits per heavy atom. The van der Waals surface area contributed by atoms with Crippen LogP contribution >= 0.6 is 0 Å². The quantitative estimate of drug-likeness (QED) is 0.484. The van der Waals surface area contributed by atoms with Gasteiger partial charge >= 0.3 is 0 Å². The zero-order chi connectivity index (χ0) is 12.3. The Kier molecular flexibility index (Phi) is 5.28. The van der Waals surface area contributed by atoms with E-state index in [1.807, 2.05) is 42.2 Å². The second-order valence-corrected chi connectivity index (χ2v) is 5.93. The van der Waals surface area contributed by atoms with Crippen LogP contribution in [0.15, 0.2) is 59.8 Å². The molecule has 0 bridgehead atoms. The molecule has 0 spiro atoms. The molecule has 0 amide bonds. The molecule has 5 heteroatoms. The van der Waals surface area contributed by atoms with Gasteiger partial charge in [0.1, 0.15) is 7.05 Å². The zero-order valence-corrected chi connectivity index (χ0v) is 12.9. The summed E-state index contributed by atoms with van der Waals surface area (Å²) in [7, 11) is -1.34. The topological polar surface area (TPSA) is 38.0 Å². The van der Waals surface area contributed by atoms with E-state index in [0.29, 0.717) is 4.90 Å². The fourth-order valence-corrected chi connectivity index (χ4v) is 2.93. The first-order chi connectivity index (χ1) is 8.08. The second kappa shape index (κ2) is 6.29. The van der Waals surface area contributed by atoms with Gasteiger partial charge in [-0.1, -0.05) is 18.2 Å². The predicted molar refractivity (Wildman–Crippen MR) is 64.9 cm³/mol. The van der Waals surface area contributed by atoms with Gasteiger partial charge in [0.05, 0.1) is 10.6 Å². The molecule has 0 atom stereocenters. The van der Waals surface area contributed by atoms with Crippen LogP contribution in [0.3, 0.4) is 0 Å². The molecule has 18 heavy (non-hydrogen) atoms. The van der Waals surface area contributed by atoms with Crippen molar-refractivity contribution >= 4 is 9.84 Å². The number of hydrogen-bond acceptors (Lipinski definition) is 2. The van der Waals surface area contributed by atoms with Crippen molar-refractivity contribution in [1.82, 2.24) is 0 Å². The molecular formula is C13H14INO2S. The summed E-state index contributed by atoms with van der Waals surface area (Å²) in [6.07, 6.45) is 3.69. The van der Waals surface area contributed by atoms with Crippen LogP contribution in [0.5, 0.6) is 0 Å². The third-order valence-corrected chi connectivity index (χ3v) is 4.21. The molecule has 2 aromatic rings. The maximum atomic E-state index is 12.1. The minimum atomic E-state index is -3.24. The number of benzene rings is 1. The van der Waals surface area contributed by atoms with Crippen LogP contribution in [-0.4, -0.2) is 8.42 Å². The van der Waals surface area contributed by atoms with E-state index in [2.05, 4.69) is 0 Å². The van der Waals surface area contributed by atoms with E-state index in [0.717, 1.165) is 5.56 Å². The molecule has 0 unspecified atom stereocenters. The first-order valence-electron chi connectivity index (χ1n) is 5.30. The fraction of sp³-hybridized carbons (Fsp3) is 0.154. The Balaban J connectivity index is 0.00000162. The van der Waals surface area contributed by atoms with Crippen molar-refractivity contribution in [2.24, 2.45) is 7.05 Å². The summed E-state index contributed by atoms with van der Waals surface area (Å²) >= 11 is 0. The number of aromatic nitrogens is 1. The van der Waals surface area contributed by atoms with E-state index in [-0.39, 0.29) is 29.7 Å². The molecule has 0 saturated heterocycles. The number of hydrogen-bond donors (Lipinski definition) is 0. The molecular weight excluding hydrogens is 361 g/mol. The van der Waals surface area contributed by atoms with Gasteiger partial charge < -0.3 is 24.0 Å². The first kappa shape index (κ1) is 15.1. The van der Waals surface area contributed by atoms with E-state index < -0.39 is 9.84 Å². The monoisotopic (exact) mass is 375 g/mol. The van der Waals surface area contributed by atoms with Crippen LogP contribution < -0.4 is 28.5 Å². The Morgan fingerprint density at radius 2 is 1.56 bits per heavy atom. The van der Waals surface area contributed by atoms with Crippen LogP contribution in [0.1, 0.15) is 5.56 Å². The van der Waals surface area contributed by atoms with E-state index in [1.54, 1.807) is 24.3 Å². The highest BCUT2D eigenvalue weighted by atomic mass is 127. The average molecular weight is 375 g/mol. The van der Waals surface area contributed by atoms with Crippen LogP contribution in [0.2, 0.25) is 0 Å². The molecule has 1 aromatic heterocycles. The number of aryl methyl sites for hydroxylation is 1. The van der Waals surface area contributed by atoms with E-state index in [1.165, 1.54) is 0 Å². The molecule has 0 fully saturated rings. The van der Waals surface area contributed by atoms with Gasteiger partial charge in [-0.3, -0.25) is 0 Å². The fourth-order valence-electron chi connectivity index (χ4n) is 1.56. The lowest BCUT2D eigenvalue weighted by molar-refractivity contribution is -0.671. The minimum Gasteiger partial charge on any atom is -1.00 e. The smallest absolute Gasteiger partial charge is 0.182 e. The van der Waals surface area contributed by atoms with Crippen LogP contribution in [0, 0.1) is 0 Å². The minimum absolute atomic E-state index is 0. The van der Waals surface area contributed by atoms with Crippen molar-refractivity contribution in [3.8, 4) is 0 Å². The Hall–Kier alpha value is -0.950. The van der Waals surface area contributed by atoms with Crippen molar-refractivity contribution < 1.29 is 37.0 Å². The molecule has 1 aromatic carbocycles. The summed E-state index contributed by atoms with van der Waals surface area (Å²) in [4.78, 5) is 0.369. The molecule has 1 heterocycles. The summed E-state index contributed by atoms with van der Waals surface area (Å²) in [6, 6.07) is 12.2. The van der Waals surface area contributed by atoms with Crippen molar-refractivity contribution in [3.63, 3.8) is 0 Å². The normalized spacial score (nSPS) is 10.7. The summed E-state index contributed by atoms with van der Waals surface area (Å²) < 4.78 is 26.0. The largest absolute Gasteiger partial charge is 1.00 e. The van der Waals surface area contributed by atoms with E-state index in [4.69, 9.17) is 0 Å². The van der Waals surface area contributed by atoms with Crippen LogP contribution in [0.4, 0.5) is 0 Å². The van der Waals surface area contributed by atoms with Crippen LogP contribution in [-0.2, 0) is 22.6 Å². The van der Waals surface area contributed by atoms with Crippen molar-refractivity contribution in [3.05, 3.63) is 60.4 Å². The number of sulfone groups is 1. The first-order valence-corrected chi connectivity index (χ1v) is 6.95. The lowest BCUT2D eigenvalue weighted by Gasteiger charge is -2.03. The van der Waals surface area contributed by atoms with E-state index >= 15 is 0 Å².